The minimum Gasteiger partial charge on any atom is -0.508 e. The number of amides is 1. The van der Waals surface area contributed by atoms with Gasteiger partial charge < -0.3 is 10.4 Å². The number of phenolic OH excluding ortho intramolecular Hbond substituents is 1. The molecule has 2 aromatic carbocycles. The number of carbonyl (C=O) groups is 1. The van der Waals surface area contributed by atoms with Crippen molar-refractivity contribution in [3.63, 3.8) is 0 Å². The van der Waals surface area contributed by atoms with Gasteiger partial charge in [0, 0.05) is 23.2 Å². The number of aryl methyl sites for hydroxylation is 1. The van der Waals surface area contributed by atoms with E-state index in [9.17, 15) is 9.90 Å². The SMILES string of the molecule is C[n+]1ccccc1C(=O)Nc1cccc2ccc(O)cc12. The number of nitrogens with one attached hydrogen (secondary N) is 1. The first kappa shape index (κ1) is 13.1. The van der Waals surface area contributed by atoms with Crippen LogP contribution in [0, 0.1) is 0 Å². The minimum atomic E-state index is -0.186. The van der Waals surface area contributed by atoms with Crippen molar-refractivity contribution in [1.82, 2.24) is 0 Å². The maximum absolute atomic E-state index is 12.4. The average molecular weight is 279 g/mol. The lowest BCUT2D eigenvalue weighted by Gasteiger charge is -2.08. The van der Waals surface area contributed by atoms with Gasteiger partial charge in [0.05, 0.1) is 0 Å². The Kier molecular flexibility index (Phi) is 3.28. The number of hydrogen-bond acceptors (Lipinski definition) is 2. The summed E-state index contributed by atoms with van der Waals surface area (Å²) in [7, 11) is 1.82. The number of carbonyl (C=O) groups excluding carboxylic acids is 1. The number of phenols is 1. The molecule has 0 saturated heterocycles. The van der Waals surface area contributed by atoms with E-state index in [1.165, 1.54) is 0 Å². The molecule has 0 fully saturated rings. The summed E-state index contributed by atoms with van der Waals surface area (Å²) < 4.78 is 1.76. The molecule has 3 aromatic rings. The highest BCUT2D eigenvalue weighted by Gasteiger charge is 2.16. The van der Waals surface area contributed by atoms with Gasteiger partial charge >= 0.3 is 5.91 Å². The Hall–Kier alpha value is -2.88. The molecule has 4 heteroatoms. The molecule has 2 N–H and O–H groups in total. The van der Waals surface area contributed by atoms with Crippen LogP contribution in [-0.4, -0.2) is 11.0 Å². The molecule has 1 aromatic heterocycles. The van der Waals surface area contributed by atoms with Crippen molar-refractivity contribution in [2.45, 2.75) is 0 Å². The molecule has 0 aliphatic carbocycles. The van der Waals surface area contributed by atoms with Crippen LogP contribution < -0.4 is 9.88 Å². The third kappa shape index (κ3) is 2.56. The van der Waals surface area contributed by atoms with Gasteiger partial charge in [0.15, 0.2) is 6.20 Å². The van der Waals surface area contributed by atoms with E-state index < -0.39 is 0 Å². The number of hydrogen-bond donors (Lipinski definition) is 2. The lowest BCUT2D eigenvalue weighted by atomic mass is 10.1. The molecule has 3 rings (SSSR count). The van der Waals surface area contributed by atoms with Crippen LogP contribution in [0.2, 0.25) is 0 Å². The number of anilines is 1. The fraction of sp³-hybridized carbons (Fsp3) is 0.0588. The summed E-state index contributed by atoms with van der Waals surface area (Å²) in [4.78, 5) is 12.4. The molecular weight excluding hydrogens is 264 g/mol. The second-order valence-corrected chi connectivity index (χ2v) is 4.86. The first-order valence-electron chi connectivity index (χ1n) is 6.63. The zero-order valence-corrected chi connectivity index (χ0v) is 11.6. The van der Waals surface area contributed by atoms with Crippen molar-refractivity contribution < 1.29 is 14.5 Å². The first-order valence-corrected chi connectivity index (χ1v) is 6.63. The van der Waals surface area contributed by atoms with E-state index in [2.05, 4.69) is 5.32 Å². The molecule has 0 saturated carbocycles. The summed E-state index contributed by atoms with van der Waals surface area (Å²) >= 11 is 0. The van der Waals surface area contributed by atoms with Crippen LogP contribution in [0.25, 0.3) is 10.8 Å². The third-order valence-electron chi connectivity index (χ3n) is 3.40. The summed E-state index contributed by atoms with van der Waals surface area (Å²) in [6.45, 7) is 0. The van der Waals surface area contributed by atoms with Crippen molar-refractivity contribution in [2.24, 2.45) is 7.05 Å². The van der Waals surface area contributed by atoms with Crippen LogP contribution in [0.4, 0.5) is 5.69 Å². The van der Waals surface area contributed by atoms with Gasteiger partial charge in [-0.25, -0.2) is 0 Å². The van der Waals surface area contributed by atoms with Crippen LogP contribution in [-0.2, 0) is 7.05 Å². The average Bonchev–Trinajstić information content (AvgIpc) is 2.48. The van der Waals surface area contributed by atoms with Crippen LogP contribution in [0.1, 0.15) is 10.5 Å². The maximum atomic E-state index is 12.4. The zero-order valence-electron chi connectivity index (χ0n) is 11.6. The molecule has 1 heterocycles. The summed E-state index contributed by atoms with van der Waals surface area (Å²) in [6, 6.07) is 16.2. The highest BCUT2D eigenvalue weighted by Crippen LogP contribution is 2.27. The second-order valence-electron chi connectivity index (χ2n) is 4.86. The molecule has 0 radical (unpaired) electrons. The van der Waals surface area contributed by atoms with Gasteiger partial charge in [-0.2, -0.15) is 4.57 Å². The minimum absolute atomic E-state index is 0.175. The van der Waals surface area contributed by atoms with Gasteiger partial charge in [-0.05, 0) is 29.7 Å². The Morgan fingerprint density at radius 1 is 1.10 bits per heavy atom. The van der Waals surface area contributed by atoms with Gasteiger partial charge in [-0.1, -0.05) is 18.2 Å². The monoisotopic (exact) mass is 279 g/mol. The normalized spacial score (nSPS) is 10.5. The smallest absolute Gasteiger partial charge is 0.320 e. The first-order chi connectivity index (χ1) is 10.1. The van der Waals surface area contributed by atoms with Crippen LogP contribution in [0.5, 0.6) is 5.75 Å². The summed E-state index contributed by atoms with van der Waals surface area (Å²) in [5.41, 5.74) is 1.24. The molecule has 0 spiro atoms. The van der Waals surface area contributed by atoms with Crippen LogP contribution in [0.15, 0.2) is 60.8 Å². The van der Waals surface area contributed by atoms with Gasteiger partial charge in [0.1, 0.15) is 12.8 Å². The van der Waals surface area contributed by atoms with Crippen molar-refractivity contribution in [3.8, 4) is 5.75 Å². The Morgan fingerprint density at radius 3 is 2.76 bits per heavy atom. The van der Waals surface area contributed by atoms with E-state index in [0.717, 1.165) is 10.8 Å². The molecule has 0 aliphatic heterocycles. The molecule has 0 bridgehead atoms. The number of rotatable bonds is 2. The third-order valence-corrected chi connectivity index (χ3v) is 3.40. The van der Waals surface area contributed by atoms with E-state index in [1.54, 1.807) is 22.8 Å². The van der Waals surface area contributed by atoms with Gasteiger partial charge in [-0.15, -0.1) is 0 Å². The van der Waals surface area contributed by atoms with Crippen molar-refractivity contribution in [1.29, 1.82) is 0 Å². The number of nitrogens with zero attached hydrogens (tertiary/aromatic N) is 1. The Labute approximate surface area is 122 Å². The van der Waals surface area contributed by atoms with E-state index in [4.69, 9.17) is 0 Å². The fourth-order valence-corrected chi connectivity index (χ4v) is 2.32. The van der Waals surface area contributed by atoms with Gasteiger partial charge in [0.2, 0.25) is 0 Å². The van der Waals surface area contributed by atoms with Crippen LogP contribution >= 0.6 is 0 Å². The van der Waals surface area contributed by atoms with E-state index in [1.807, 2.05) is 49.6 Å². The molecule has 104 valence electrons. The highest BCUT2D eigenvalue weighted by molar-refractivity contribution is 6.07. The Balaban J connectivity index is 2.00. The van der Waals surface area contributed by atoms with Gasteiger partial charge in [-0.3, -0.25) is 4.79 Å². The predicted molar refractivity (Wildman–Crippen MR) is 81.2 cm³/mol. The standard InChI is InChI=1S/C17H14N2O2/c1-19-10-3-2-7-16(19)17(21)18-15-6-4-5-12-8-9-13(20)11-14(12)15/h2-11,21H,1H3/p+1. The Morgan fingerprint density at radius 2 is 1.95 bits per heavy atom. The molecular formula is C17H15N2O2+. The largest absolute Gasteiger partial charge is 0.508 e. The van der Waals surface area contributed by atoms with Crippen molar-refractivity contribution in [3.05, 3.63) is 66.5 Å². The molecule has 21 heavy (non-hydrogen) atoms. The topological polar surface area (TPSA) is 53.2 Å². The van der Waals surface area contributed by atoms with E-state index in [0.29, 0.717) is 11.4 Å². The molecule has 1 amide bonds. The lowest BCUT2D eigenvalue weighted by molar-refractivity contribution is -0.673. The number of pyridine rings is 1. The molecule has 0 aliphatic rings. The summed E-state index contributed by atoms with van der Waals surface area (Å²) in [6.07, 6.45) is 1.82. The fourth-order valence-electron chi connectivity index (χ4n) is 2.32. The van der Waals surface area contributed by atoms with Gasteiger partial charge in [0.25, 0.3) is 5.69 Å². The zero-order chi connectivity index (χ0) is 14.8. The quantitative estimate of drug-likeness (QED) is 0.708. The number of aromatic nitrogens is 1. The Bertz CT molecular complexity index is 828. The molecule has 4 nitrogen and oxygen atoms in total. The highest BCUT2D eigenvalue weighted by atomic mass is 16.3. The van der Waals surface area contributed by atoms with Crippen LogP contribution in [0.3, 0.4) is 0 Å². The maximum Gasteiger partial charge on any atom is 0.320 e. The number of benzene rings is 2. The summed E-state index contributed by atoms with van der Waals surface area (Å²) in [5, 5.41) is 14.3. The lowest BCUT2D eigenvalue weighted by Crippen LogP contribution is -2.37. The van der Waals surface area contributed by atoms with E-state index in [-0.39, 0.29) is 11.7 Å². The number of fused-ring (bicyclic) bond motifs is 1. The van der Waals surface area contributed by atoms with Crippen molar-refractivity contribution >= 4 is 22.4 Å². The van der Waals surface area contributed by atoms with E-state index >= 15 is 0 Å². The number of aromatic hydroxyl groups is 1. The molecule has 0 atom stereocenters. The predicted octanol–water partition coefficient (Wildman–Crippen LogP) is 2.62. The molecule has 0 unspecified atom stereocenters. The second kappa shape index (κ2) is 5.25. The summed E-state index contributed by atoms with van der Waals surface area (Å²) in [5.74, 6) is -0.0107. The van der Waals surface area contributed by atoms with Crippen molar-refractivity contribution in [2.75, 3.05) is 5.32 Å².